The highest BCUT2D eigenvalue weighted by molar-refractivity contribution is 7.89. The average molecular weight is 350 g/mol. The molecule has 0 radical (unpaired) electrons. The molecule has 2 heterocycles. The Morgan fingerprint density at radius 3 is 2.67 bits per heavy atom. The first-order valence-corrected chi connectivity index (χ1v) is 10.5. The first kappa shape index (κ1) is 17.4. The van der Waals surface area contributed by atoms with Crippen LogP contribution in [0.3, 0.4) is 0 Å². The Balaban J connectivity index is 1.53. The van der Waals surface area contributed by atoms with Crippen LogP contribution in [0.4, 0.5) is 5.82 Å². The second-order valence-electron chi connectivity index (χ2n) is 6.63. The van der Waals surface area contributed by atoms with Gasteiger partial charge in [-0.1, -0.05) is 18.1 Å². The Kier molecular flexibility index (Phi) is 5.89. The van der Waals surface area contributed by atoms with E-state index in [1.54, 1.807) is 16.4 Å². The molecule has 5 nitrogen and oxygen atoms in total. The lowest BCUT2D eigenvalue weighted by Crippen LogP contribution is -2.27. The van der Waals surface area contributed by atoms with Gasteiger partial charge in [-0.3, -0.25) is 0 Å². The van der Waals surface area contributed by atoms with Crippen LogP contribution in [0.5, 0.6) is 0 Å². The van der Waals surface area contributed by atoms with Crippen LogP contribution in [0, 0.1) is 0 Å². The van der Waals surface area contributed by atoms with Crippen molar-refractivity contribution in [2.45, 2.75) is 56.3 Å². The summed E-state index contributed by atoms with van der Waals surface area (Å²) in [4.78, 5) is 4.57. The van der Waals surface area contributed by atoms with Gasteiger partial charge in [-0.25, -0.2) is 13.4 Å². The zero-order chi connectivity index (χ0) is 16.8. The molecule has 2 aliphatic rings. The molecule has 1 N–H and O–H groups in total. The molecule has 0 bridgehead atoms. The quantitative estimate of drug-likeness (QED) is 0.798. The number of aromatic nitrogens is 1. The number of nitrogens with one attached hydrogen (secondary N) is 1. The summed E-state index contributed by atoms with van der Waals surface area (Å²) in [7, 11) is -3.36. The summed E-state index contributed by atoms with van der Waals surface area (Å²) in [6, 6.07) is 3.43. The number of sulfonamides is 1. The SMILES string of the molecule is O=S(=O)(c1ccc(NCCC2=CCCCCC2)nc1)N1CCCC1. The molecule has 3 rings (SSSR count). The highest BCUT2D eigenvalue weighted by Gasteiger charge is 2.27. The summed E-state index contributed by atoms with van der Waals surface area (Å²) in [6.07, 6.45) is 13.1. The van der Waals surface area contributed by atoms with E-state index in [4.69, 9.17) is 0 Å². The molecule has 0 amide bonds. The summed E-state index contributed by atoms with van der Waals surface area (Å²) in [5.41, 5.74) is 1.54. The molecule has 1 saturated heterocycles. The number of hydrogen-bond donors (Lipinski definition) is 1. The molecule has 1 aromatic heterocycles. The summed E-state index contributed by atoms with van der Waals surface area (Å²) >= 11 is 0. The van der Waals surface area contributed by atoms with Crippen molar-refractivity contribution < 1.29 is 8.42 Å². The van der Waals surface area contributed by atoms with Gasteiger partial charge in [-0.05, 0) is 57.1 Å². The van der Waals surface area contributed by atoms with E-state index >= 15 is 0 Å². The van der Waals surface area contributed by atoms with Crippen LogP contribution >= 0.6 is 0 Å². The molecule has 0 unspecified atom stereocenters. The smallest absolute Gasteiger partial charge is 0.244 e. The molecule has 1 aliphatic carbocycles. The summed E-state index contributed by atoms with van der Waals surface area (Å²) < 4.78 is 26.5. The molecule has 132 valence electrons. The van der Waals surface area contributed by atoms with E-state index < -0.39 is 10.0 Å². The highest BCUT2D eigenvalue weighted by Crippen LogP contribution is 2.22. The van der Waals surface area contributed by atoms with Crippen molar-refractivity contribution in [2.75, 3.05) is 25.0 Å². The fraction of sp³-hybridized carbons (Fsp3) is 0.611. The van der Waals surface area contributed by atoms with Crippen molar-refractivity contribution in [1.29, 1.82) is 0 Å². The van der Waals surface area contributed by atoms with Crippen molar-refractivity contribution in [3.63, 3.8) is 0 Å². The molecule has 0 aromatic carbocycles. The summed E-state index contributed by atoms with van der Waals surface area (Å²) in [6.45, 7) is 2.09. The topological polar surface area (TPSA) is 62.3 Å². The van der Waals surface area contributed by atoms with Crippen LogP contribution in [0.1, 0.15) is 51.4 Å². The zero-order valence-corrected chi connectivity index (χ0v) is 15.0. The molecule has 0 saturated carbocycles. The number of rotatable bonds is 6. The van der Waals surface area contributed by atoms with Gasteiger partial charge in [0.2, 0.25) is 10.0 Å². The summed E-state index contributed by atoms with van der Waals surface area (Å²) in [5, 5.41) is 3.30. The van der Waals surface area contributed by atoms with E-state index in [9.17, 15) is 8.42 Å². The third-order valence-electron chi connectivity index (χ3n) is 4.83. The van der Waals surface area contributed by atoms with Gasteiger partial charge in [0, 0.05) is 25.8 Å². The van der Waals surface area contributed by atoms with E-state index in [1.807, 2.05) is 0 Å². The van der Waals surface area contributed by atoms with Crippen molar-refractivity contribution in [1.82, 2.24) is 9.29 Å². The van der Waals surface area contributed by atoms with Crippen molar-refractivity contribution >= 4 is 15.8 Å². The fourth-order valence-corrected chi connectivity index (χ4v) is 4.84. The Bertz CT molecular complexity index is 662. The molecule has 1 fully saturated rings. The second-order valence-corrected chi connectivity index (χ2v) is 8.57. The number of anilines is 1. The Labute approximate surface area is 145 Å². The second kappa shape index (κ2) is 8.12. The molecule has 1 aliphatic heterocycles. The van der Waals surface area contributed by atoms with Crippen LogP contribution in [-0.2, 0) is 10.0 Å². The molecule has 24 heavy (non-hydrogen) atoms. The molecular formula is C18H27N3O2S. The maximum atomic E-state index is 12.5. The van der Waals surface area contributed by atoms with Crippen LogP contribution in [0.2, 0.25) is 0 Å². The van der Waals surface area contributed by atoms with Crippen molar-refractivity contribution in [3.8, 4) is 0 Å². The first-order chi connectivity index (χ1) is 11.7. The molecule has 6 heteroatoms. The minimum Gasteiger partial charge on any atom is -0.370 e. The highest BCUT2D eigenvalue weighted by atomic mass is 32.2. The third kappa shape index (κ3) is 4.36. The van der Waals surface area contributed by atoms with Gasteiger partial charge < -0.3 is 5.32 Å². The van der Waals surface area contributed by atoms with Crippen molar-refractivity contribution in [2.24, 2.45) is 0 Å². The van der Waals surface area contributed by atoms with Gasteiger partial charge in [-0.15, -0.1) is 0 Å². The minimum absolute atomic E-state index is 0.293. The van der Waals surface area contributed by atoms with Crippen LogP contribution in [0.25, 0.3) is 0 Å². The van der Waals surface area contributed by atoms with Crippen LogP contribution < -0.4 is 5.32 Å². The lowest BCUT2D eigenvalue weighted by atomic mass is 10.1. The molecular weight excluding hydrogens is 322 g/mol. The number of allylic oxidation sites excluding steroid dienone is 1. The van der Waals surface area contributed by atoms with E-state index in [-0.39, 0.29) is 0 Å². The van der Waals surface area contributed by atoms with Gasteiger partial charge in [0.15, 0.2) is 0 Å². The van der Waals surface area contributed by atoms with Crippen LogP contribution in [0.15, 0.2) is 34.9 Å². The predicted molar refractivity (Wildman–Crippen MR) is 96.5 cm³/mol. The van der Waals surface area contributed by atoms with Crippen LogP contribution in [-0.4, -0.2) is 37.3 Å². The van der Waals surface area contributed by atoms with Gasteiger partial charge in [0.1, 0.15) is 10.7 Å². The maximum Gasteiger partial charge on any atom is 0.244 e. The number of nitrogens with zero attached hydrogens (tertiary/aromatic N) is 2. The first-order valence-electron chi connectivity index (χ1n) is 9.04. The van der Waals surface area contributed by atoms with Gasteiger partial charge >= 0.3 is 0 Å². The van der Waals surface area contributed by atoms with Gasteiger partial charge in [0.05, 0.1) is 0 Å². The monoisotopic (exact) mass is 349 g/mol. The van der Waals surface area contributed by atoms with E-state index in [1.165, 1.54) is 43.9 Å². The van der Waals surface area contributed by atoms with Gasteiger partial charge in [-0.2, -0.15) is 4.31 Å². The Hall–Kier alpha value is -1.40. The predicted octanol–water partition coefficient (Wildman–Crippen LogP) is 3.56. The van der Waals surface area contributed by atoms with E-state index in [0.29, 0.717) is 18.0 Å². The largest absolute Gasteiger partial charge is 0.370 e. The molecule has 1 aromatic rings. The fourth-order valence-electron chi connectivity index (χ4n) is 3.37. The standard InChI is InChI=1S/C18H27N3O2S/c22-24(23,21-13-5-6-14-21)17-9-10-18(20-15-17)19-12-11-16-7-3-1-2-4-8-16/h7,9-10,15H,1-6,8,11-14H2,(H,19,20). The van der Waals surface area contributed by atoms with E-state index in [0.717, 1.165) is 31.6 Å². The van der Waals surface area contributed by atoms with Crippen molar-refractivity contribution in [3.05, 3.63) is 30.0 Å². The third-order valence-corrected chi connectivity index (χ3v) is 6.71. The zero-order valence-electron chi connectivity index (χ0n) is 14.2. The Morgan fingerprint density at radius 1 is 1.08 bits per heavy atom. The maximum absolute atomic E-state index is 12.5. The molecule has 0 atom stereocenters. The lowest BCUT2D eigenvalue weighted by molar-refractivity contribution is 0.477. The average Bonchev–Trinajstić information content (AvgIpc) is 3.02. The van der Waals surface area contributed by atoms with Gasteiger partial charge in [0.25, 0.3) is 0 Å². The number of hydrogen-bond acceptors (Lipinski definition) is 4. The molecule has 0 spiro atoms. The minimum atomic E-state index is -3.36. The Morgan fingerprint density at radius 2 is 1.92 bits per heavy atom. The summed E-state index contributed by atoms with van der Waals surface area (Å²) in [5.74, 6) is 0.740. The lowest BCUT2D eigenvalue weighted by Gasteiger charge is -2.15. The normalized spacial score (nSPS) is 19.8. The number of pyridine rings is 1. The van der Waals surface area contributed by atoms with E-state index in [2.05, 4.69) is 16.4 Å².